The maximum absolute atomic E-state index is 11.9. The van der Waals surface area contributed by atoms with Crippen LogP contribution in [0.3, 0.4) is 0 Å². The first-order valence-corrected chi connectivity index (χ1v) is 12.7. The highest BCUT2D eigenvalue weighted by molar-refractivity contribution is 5.27. The zero-order chi connectivity index (χ0) is 21.0. The fraction of sp³-hybridized carbons (Fsp3) is 0.926. The molecule has 4 aliphatic carbocycles. The predicted molar refractivity (Wildman–Crippen MR) is 120 cm³/mol. The van der Waals surface area contributed by atoms with Crippen LogP contribution in [-0.2, 0) is 0 Å². The Morgan fingerprint density at radius 3 is 2.45 bits per heavy atom. The molecule has 0 heterocycles. The van der Waals surface area contributed by atoms with E-state index in [1.54, 1.807) is 0 Å². The van der Waals surface area contributed by atoms with E-state index in [-0.39, 0.29) is 17.9 Å². The molecule has 2 N–H and O–H groups in total. The summed E-state index contributed by atoms with van der Waals surface area (Å²) in [5.41, 5.74) is -0.459. The first kappa shape index (κ1) is 21.9. The Balaban J connectivity index is 1.58. The van der Waals surface area contributed by atoms with Gasteiger partial charge in [0.2, 0.25) is 0 Å². The van der Waals surface area contributed by atoms with Gasteiger partial charge in [-0.3, -0.25) is 0 Å². The Bertz CT molecular complexity index is 626. The van der Waals surface area contributed by atoms with Crippen molar-refractivity contribution in [3.05, 3.63) is 12.2 Å². The van der Waals surface area contributed by atoms with Gasteiger partial charge in [0.05, 0.1) is 5.60 Å². The molecular weight excluding hydrogens is 356 g/mol. The van der Waals surface area contributed by atoms with Gasteiger partial charge in [-0.1, -0.05) is 66.0 Å². The molecule has 29 heavy (non-hydrogen) atoms. The zero-order valence-corrected chi connectivity index (χ0v) is 19.7. The number of aliphatic hydroxyl groups excluding tert-OH is 1. The van der Waals surface area contributed by atoms with Gasteiger partial charge in [-0.05, 0) is 79.4 Å². The summed E-state index contributed by atoms with van der Waals surface area (Å²) in [6, 6.07) is 0. The van der Waals surface area contributed by atoms with Crippen molar-refractivity contribution in [2.45, 2.75) is 98.0 Å². The van der Waals surface area contributed by atoms with E-state index >= 15 is 0 Å². The van der Waals surface area contributed by atoms with Crippen molar-refractivity contribution >= 4 is 0 Å². The van der Waals surface area contributed by atoms with Crippen LogP contribution in [0, 0.1) is 52.3 Å². The molecule has 0 radical (unpaired) electrons. The summed E-state index contributed by atoms with van der Waals surface area (Å²) in [6.07, 6.45) is 15.8. The van der Waals surface area contributed by atoms with Gasteiger partial charge in [-0.25, -0.2) is 0 Å². The lowest BCUT2D eigenvalue weighted by Crippen LogP contribution is -2.49. The summed E-state index contributed by atoms with van der Waals surface area (Å²) in [7, 11) is 0. The Kier molecular flexibility index (Phi) is 5.78. The van der Waals surface area contributed by atoms with Gasteiger partial charge in [0, 0.05) is 17.9 Å². The number of rotatable bonds is 6. The van der Waals surface area contributed by atoms with Gasteiger partial charge in [0.25, 0.3) is 0 Å². The van der Waals surface area contributed by atoms with E-state index < -0.39 is 5.60 Å². The largest absolute Gasteiger partial charge is 0.396 e. The van der Waals surface area contributed by atoms with Gasteiger partial charge < -0.3 is 10.2 Å². The third-order valence-electron chi connectivity index (χ3n) is 10.7. The van der Waals surface area contributed by atoms with Crippen LogP contribution in [-0.4, -0.2) is 22.4 Å². The fourth-order valence-electron chi connectivity index (χ4n) is 9.14. The first-order chi connectivity index (χ1) is 13.7. The Hall–Kier alpha value is -0.340. The highest BCUT2D eigenvalue weighted by atomic mass is 16.3. The molecular formula is C27H46O2. The molecule has 0 aromatic carbocycles. The molecule has 3 fully saturated rings. The molecule has 9 atom stereocenters. The minimum absolute atomic E-state index is 0.0219. The minimum atomic E-state index is -0.804. The normalized spacial score (nSPS) is 49.7. The smallest absolute Gasteiger partial charge is 0.0936 e. The van der Waals surface area contributed by atoms with Crippen molar-refractivity contribution in [2.24, 2.45) is 52.3 Å². The van der Waals surface area contributed by atoms with Crippen LogP contribution in [0.5, 0.6) is 0 Å². The van der Waals surface area contributed by atoms with Crippen LogP contribution in [0.2, 0.25) is 0 Å². The molecule has 0 amide bonds. The maximum atomic E-state index is 11.9. The second kappa shape index (κ2) is 7.66. The molecule has 4 unspecified atom stereocenters. The molecule has 0 aliphatic heterocycles. The Labute approximate surface area is 179 Å². The van der Waals surface area contributed by atoms with Crippen LogP contribution < -0.4 is 0 Å². The van der Waals surface area contributed by atoms with E-state index in [4.69, 9.17) is 0 Å². The minimum Gasteiger partial charge on any atom is -0.396 e. The van der Waals surface area contributed by atoms with E-state index in [1.165, 1.54) is 44.9 Å². The van der Waals surface area contributed by atoms with Gasteiger partial charge in [-0.15, -0.1) is 0 Å². The molecule has 0 aromatic heterocycles. The van der Waals surface area contributed by atoms with Crippen molar-refractivity contribution in [2.75, 3.05) is 6.61 Å². The lowest BCUT2D eigenvalue weighted by Gasteiger charge is -2.51. The molecule has 0 saturated heterocycles. The van der Waals surface area contributed by atoms with Crippen molar-refractivity contribution in [3.8, 4) is 0 Å². The maximum Gasteiger partial charge on any atom is 0.0936 e. The lowest BCUT2D eigenvalue weighted by atomic mass is 9.53. The average Bonchev–Trinajstić information content (AvgIpc) is 3.10. The molecule has 3 saturated carbocycles. The Morgan fingerprint density at radius 2 is 1.76 bits per heavy atom. The van der Waals surface area contributed by atoms with Crippen molar-refractivity contribution in [1.29, 1.82) is 0 Å². The monoisotopic (exact) mass is 402 g/mol. The van der Waals surface area contributed by atoms with Crippen LogP contribution >= 0.6 is 0 Å². The van der Waals surface area contributed by atoms with E-state index in [9.17, 15) is 10.2 Å². The zero-order valence-electron chi connectivity index (χ0n) is 19.7. The highest BCUT2D eigenvalue weighted by Crippen LogP contribution is 2.72. The molecule has 166 valence electrons. The number of aliphatic hydroxyl groups is 2. The van der Waals surface area contributed by atoms with Gasteiger partial charge in [0.15, 0.2) is 0 Å². The SMILES string of the molecule is CC(C)CCC[C@@H](C)[C@H]1CCC2C3C(CC[C@@]21C)C1(C)CCC=C[C@@]1(O)[C@@H]3CO. The van der Waals surface area contributed by atoms with Crippen molar-refractivity contribution in [3.63, 3.8) is 0 Å². The fourth-order valence-corrected chi connectivity index (χ4v) is 9.14. The molecule has 2 nitrogen and oxygen atoms in total. The molecule has 0 bridgehead atoms. The van der Waals surface area contributed by atoms with E-state index in [2.05, 4.69) is 46.8 Å². The van der Waals surface area contributed by atoms with Crippen molar-refractivity contribution < 1.29 is 10.2 Å². The second-order valence-electron chi connectivity index (χ2n) is 12.3. The third kappa shape index (κ3) is 3.10. The summed E-state index contributed by atoms with van der Waals surface area (Å²) in [5.74, 6) is 4.19. The molecule has 2 heteroatoms. The third-order valence-corrected chi connectivity index (χ3v) is 10.7. The Morgan fingerprint density at radius 1 is 1.00 bits per heavy atom. The standard InChI is InChI=1S/C27H46O2/c1-18(2)9-8-10-19(3)20-11-12-21-24-22(13-16-25(20,21)4)26(5)14-6-7-15-27(26,29)23(24)17-28/h7,15,18-24,28-29H,6,8-14,16-17H2,1-5H3/t19-,20-,21?,22?,23-,24?,25-,26?,27-/m1/s1. The summed E-state index contributed by atoms with van der Waals surface area (Å²) >= 11 is 0. The average molecular weight is 403 g/mol. The number of hydrogen-bond donors (Lipinski definition) is 2. The topological polar surface area (TPSA) is 40.5 Å². The molecule has 4 aliphatic rings. The molecule has 4 rings (SSSR count). The summed E-state index contributed by atoms with van der Waals surface area (Å²) in [6.45, 7) is 12.3. The lowest BCUT2D eigenvalue weighted by molar-refractivity contribution is -0.0756. The number of hydrogen-bond acceptors (Lipinski definition) is 2. The number of allylic oxidation sites excluding steroid dienone is 1. The van der Waals surface area contributed by atoms with Gasteiger partial charge in [-0.2, -0.15) is 0 Å². The van der Waals surface area contributed by atoms with E-state index in [1.807, 2.05) is 0 Å². The van der Waals surface area contributed by atoms with Crippen LogP contribution in [0.4, 0.5) is 0 Å². The predicted octanol–water partition coefficient (Wildman–Crippen LogP) is 6.22. The quantitative estimate of drug-likeness (QED) is 0.518. The van der Waals surface area contributed by atoms with E-state index in [0.717, 1.165) is 30.6 Å². The summed E-state index contributed by atoms with van der Waals surface area (Å²) in [5, 5.41) is 22.3. The highest BCUT2D eigenvalue weighted by Gasteiger charge is 2.70. The van der Waals surface area contributed by atoms with Gasteiger partial charge >= 0.3 is 0 Å². The molecule has 0 aromatic rings. The summed E-state index contributed by atoms with van der Waals surface area (Å²) in [4.78, 5) is 0. The van der Waals surface area contributed by atoms with E-state index in [0.29, 0.717) is 23.2 Å². The van der Waals surface area contributed by atoms with Crippen molar-refractivity contribution in [1.82, 2.24) is 0 Å². The van der Waals surface area contributed by atoms with Crippen LogP contribution in [0.15, 0.2) is 12.2 Å². The van der Waals surface area contributed by atoms with Gasteiger partial charge in [0.1, 0.15) is 0 Å². The van der Waals surface area contributed by atoms with Crippen LogP contribution in [0.1, 0.15) is 92.4 Å². The number of fused-ring (bicyclic) bond motifs is 5. The first-order valence-electron chi connectivity index (χ1n) is 12.7. The van der Waals surface area contributed by atoms with Crippen LogP contribution in [0.25, 0.3) is 0 Å². The summed E-state index contributed by atoms with van der Waals surface area (Å²) < 4.78 is 0. The second-order valence-corrected chi connectivity index (χ2v) is 12.3. The molecule has 0 spiro atoms.